The zero-order valence-corrected chi connectivity index (χ0v) is 8.74. The molecule has 0 bridgehead atoms. The monoisotopic (exact) mass is 221 g/mol. The predicted molar refractivity (Wildman–Crippen MR) is 56.7 cm³/mol. The smallest absolute Gasteiger partial charge is 0.147 e. The minimum absolute atomic E-state index is 0.305. The molecule has 0 saturated carbocycles. The van der Waals surface area contributed by atoms with Crippen LogP contribution in [0.25, 0.3) is 0 Å². The summed E-state index contributed by atoms with van der Waals surface area (Å²) < 4.78 is 13.2. The molecule has 0 radical (unpaired) electrons. The van der Waals surface area contributed by atoms with Gasteiger partial charge < -0.3 is 0 Å². The summed E-state index contributed by atoms with van der Waals surface area (Å²) in [6, 6.07) is 4.15. The number of aromatic nitrogens is 3. The highest BCUT2D eigenvalue weighted by molar-refractivity contribution is 5.32. The molecule has 2 aromatic rings. The van der Waals surface area contributed by atoms with Crippen LogP contribution in [0.5, 0.6) is 0 Å². The summed E-state index contributed by atoms with van der Waals surface area (Å²) >= 11 is 0. The second kappa shape index (κ2) is 4.38. The Labute approximate surface area is 91.9 Å². The van der Waals surface area contributed by atoms with Gasteiger partial charge in [0.05, 0.1) is 0 Å². The van der Waals surface area contributed by atoms with Crippen LogP contribution in [0.4, 0.5) is 4.39 Å². The van der Waals surface area contributed by atoms with Crippen LogP contribution < -0.4 is 11.3 Å². The summed E-state index contributed by atoms with van der Waals surface area (Å²) in [4.78, 5) is 4.00. The molecule has 0 spiro atoms. The standard InChI is InChI=1S/C10H12FN5/c1-6-2-3-7(11)4-8(6)9(15-12)10-13-5-14-16-10/h2-5,9,15H,12H2,1H3,(H,13,14,16). The lowest BCUT2D eigenvalue weighted by Crippen LogP contribution is -2.30. The number of halogens is 1. The number of benzene rings is 1. The average molecular weight is 221 g/mol. The van der Waals surface area contributed by atoms with E-state index in [0.29, 0.717) is 5.82 Å². The minimum atomic E-state index is -0.391. The Hall–Kier alpha value is -1.79. The number of H-pyrrole nitrogens is 1. The molecular formula is C10H12FN5. The molecule has 0 aliphatic heterocycles. The summed E-state index contributed by atoms with van der Waals surface area (Å²) in [6.45, 7) is 1.88. The van der Waals surface area contributed by atoms with E-state index in [9.17, 15) is 4.39 Å². The molecule has 2 rings (SSSR count). The fourth-order valence-electron chi connectivity index (χ4n) is 1.59. The van der Waals surface area contributed by atoms with Gasteiger partial charge in [0, 0.05) is 0 Å². The van der Waals surface area contributed by atoms with Crippen LogP contribution in [-0.2, 0) is 0 Å². The van der Waals surface area contributed by atoms with Gasteiger partial charge in [-0.1, -0.05) is 6.07 Å². The Kier molecular flexibility index (Phi) is 2.93. The van der Waals surface area contributed by atoms with Crippen molar-refractivity contribution in [1.29, 1.82) is 0 Å². The predicted octanol–water partition coefficient (Wildman–Crippen LogP) is 0.805. The van der Waals surface area contributed by atoms with Gasteiger partial charge in [0.1, 0.15) is 24.0 Å². The van der Waals surface area contributed by atoms with E-state index in [2.05, 4.69) is 20.6 Å². The zero-order valence-electron chi connectivity index (χ0n) is 8.74. The fourth-order valence-corrected chi connectivity index (χ4v) is 1.59. The third-order valence-corrected chi connectivity index (χ3v) is 2.43. The maximum atomic E-state index is 13.2. The van der Waals surface area contributed by atoms with Crippen LogP contribution in [0.1, 0.15) is 23.0 Å². The Morgan fingerprint density at radius 2 is 2.31 bits per heavy atom. The lowest BCUT2D eigenvalue weighted by Gasteiger charge is -2.15. The van der Waals surface area contributed by atoms with Crippen molar-refractivity contribution < 1.29 is 4.39 Å². The summed E-state index contributed by atoms with van der Waals surface area (Å²) in [7, 11) is 0. The molecule has 0 amide bonds. The highest BCUT2D eigenvalue weighted by Gasteiger charge is 2.17. The van der Waals surface area contributed by atoms with E-state index >= 15 is 0 Å². The fraction of sp³-hybridized carbons (Fsp3) is 0.200. The molecule has 1 atom stereocenters. The molecule has 1 unspecified atom stereocenters. The van der Waals surface area contributed by atoms with E-state index in [4.69, 9.17) is 5.84 Å². The van der Waals surface area contributed by atoms with E-state index in [-0.39, 0.29) is 5.82 Å². The lowest BCUT2D eigenvalue weighted by molar-refractivity contribution is 0.585. The van der Waals surface area contributed by atoms with Crippen LogP contribution in [0.3, 0.4) is 0 Å². The zero-order chi connectivity index (χ0) is 11.5. The maximum Gasteiger partial charge on any atom is 0.147 e. The maximum absolute atomic E-state index is 13.2. The van der Waals surface area contributed by atoms with Crippen LogP contribution in [0.15, 0.2) is 24.5 Å². The van der Waals surface area contributed by atoms with Crippen molar-refractivity contribution in [3.63, 3.8) is 0 Å². The van der Waals surface area contributed by atoms with Crippen LogP contribution in [-0.4, -0.2) is 15.2 Å². The second-order valence-corrected chi connectivity index (χ2v) is 3.47. The lowest BCUT2D eigenvalue weighted by atomic mass is 10.0. The quantitative estimate of drug-likeness (QED) is 0.529. The minimum Gasteiger partial charge on any atom is -0.270 e. The molecule has 5 nitrogen and oxygen atoms in total. The van der Waals surface area contributed by atoms with Crippen molar-refractivity contribution in [2.24, 2.45) is 5.84 Å². The molecular weight excluding hydrogens is 209 g/mol. The first kappa shape index (κ1) is 10.7. The topological polar surface area (TPSA) is 79.6 Å². The highest BCUT2D eigenvalue weighted by Crippen LogP contribution is 2.22. The van der Waals surface area contributed by atoms with Crippen LogP contribution >= 0.6 is 0 Å². The molecule has 6 heteroatoms. The van der Waals surface area contributed by atoms with Gasteiger partial charge in [-0.3, -0.25) is 10.9 Å². The van der Waals surface area contributed by atoms with E-state index in [1.54, 1.807) is 6.07 Å². The summed E-state index contributed by atoms with van der Waals surface area (Å²) in [5.41, 5.74) is 4.26. The van der Waals surface area contributed by atoms with E-state index in [0.717, 1.165) is 11.1 Å². The number of nitrogens with one attached hydrogen (secondary N) is 2. The van der Waals surface area contributed by atoms with Gasteiger partial charge in [-0.25, -0.2) is 14.8 Å². The van der Waals surface area contributed by atoms with Crippen molar-refractivity contribution in [3.05, 3.63) is 47.3 Å². The van der Waals surface area contributed by atoms with Crippen molar-refractivity contribution in [2.45, 2.75) is 13.0 Å². The number of hydrogen-bond donors (Lipinski definition) is 3. The molecule has 1 aromatic heterocycles. The Morgan fingerprint density at radius 1 is 1.50 bits per heavy atom. The van der Waals surface area contributed by atoms with Crippen molar-refractivity contribution in [3.8, 4) is 0 Å². The number of aromatic amines is 1. The van der Waals surface area contributed by atoms with Gasteiger partial charge in [0.15, 0.2) is 0 Å². The molecule has 0 aliphatic rings. The molecule has 0 fully saturated rings. The van der Waals surface area contributed by atoms with Crippen molar-refractivity contribution >= 4 is 0 Å². The Balaban J connectivity index is 2.44. The van der Waals surface area contributed by atoms with E-state index in [1.165, 1.54) is 18.5 Å². The largest absolute Gasteiger partial charge is 0.270 e. The first-order valence-electron chi connectivity index (χ1n) is 4.80. The molecule has 84 valence electrons. The SMILES string of the molecule is Cc1ccc(F)cc1C(NN)c1ncn[nH]1. The normalized spacial score (nSPS) is 12.7. The average Bonchev–Trinajstić information content (AvgIpc) is 2.78. The van der Waals surface area contributed by atoms with Gasteiger partial charge in [0.2, 0.25) is 0 Å². The van der Waals surface area contributed by atoms with Crippen molar-refractivity contribution in [1.82, 2.24) is 20.6 Å². The Morgan fingerprint density at radius 3 is 2.94 bits per heavy atom. The molecule has 16 heavy (non-hydrogen) atoms. The Bertz CT molecular complexity index is 468. The number of rotatable bonds is 3. The summed E-state index contributed by atoms with van der Waals surface area (Å²) in [6.07, 6.45) is 1.38. The number of nitrogens with two attached hydrogens (primary N) is 1. The van der Waals surface area contributed by atoms with Crippen LogP contribution in [0, 0.1) is 12.7 Å². The van der Waals surface area contributed by atoms with E-state index < -0.39 is 6.04 Å². The van der Waals surface area contributed by atoms with Gasteiger partial charge >= 0.3 is 0 Å². The highest BCUT2D eigenvalue weighted by atomic mass is 19.1. The van der Waals surface area contributed by atoms with Gasteiger partial charge in [-0.05, 0) is 30.2 Å². The number of nitrogens with zero attached hydrogens (tertiary/aromatic N) is 2. The molecule has 1 heterocycles. The van der Waals surface area contributed by atoms with Gasteiger partial charge in [0.25, 0.3) is 0 Å². The van der Waals surface area contributed by atoms with Gasteiger partial charge in [-0.2, -0.15) is 5.10 Å². The number of hydrogen-bond acceptors (Lipinski definition) is 4. The first-order valence-corrected chi connectivity index (χ1v) is 4.80. The number of hydrazine groups is 1. The van der Waals surface area contributed by atoms with Gasteiger partial charge in [-0.15, -0.1) is 0 Å². The summed E-state index contributed by atoms with van der Waals surface area (Å²) in [5.74, 6) is 5.70. The van der Waals surface area contributed by atoms with Crippen LogP contribution in [0.2, 0.25) is 0 Å². The first-order chi connectivity index (χ1) is 7.72. The summed E-state index contributed by atoms with van der Waals surface area (Å²) in [5, 5.41) is 6.45. The third kappa shape index (κ3) is 1.93. The molecule has 0 saturated heterocycles. The molecule has 1 aromatic carbocycles. The van der Waals surface area contributed by atoms with E-state index in [1.807, 2.05) is 6.92 Å². The molecule has 0 aliphatic carbocycles. The molecule has 4 N–H and O–H groups in total. The van der Waals surface area contributed by atoms with Crippen molar-refractivity contribution in [2.75, 3.05) is 0 Å². The third-order valence-electron chi connectivity index (χ3n) is 2.43. The number of aryl methyl sites for hydroxylation is 1. The second-order valence-electron chi connectivity index (χ2n) is 3.47.